The molecule has 2 N–H and O–H groups in total. The highest BCUT2D eigenvalue weighted by molar-refractivity contribution is 7.99. The molecule has 0 atom stereocenters. The van der Waals surface area contributed by atoms with Crippen LogP contribution in [0.2, 0.25) is 5.02 Å². The van der Waals surface area contributed by atoms with E-state index in [9.17, 15) is 0 Å². The molecule has 2 heterocycles. The zero-order chi connectivity index (χ0) is 10.7. The molecule has 2 aromatic heterocycles. The Morgan fingerprint density at radius 2 is 2.07 bits per heavy atom. The number of hydrogen-bond donors (Lipinski definition) is 1. The van der Waals surface area contributed by atoms with Crippen LogP contribution in [0.4, 0.5) is 5.69 Å². The van der Waals surface area contributed by atoms with Gasteiger partial charge in [0.15, 0.2) is 0 Å². The number of pyridine rings is 2. The molecule has 15 heavy (non-hydrogen) atoms. The van der Waals surface area contributed by atoms with Crippen LogP contribution in [-0.2, 0) is 0 Å². The Morgan fingerprint density at radius 3 is 2.73 bits per heavy atom. The van der Waals surface area contributed by atoms with E-state index in [1.165, 1.54) is 11.8 Å². The minimum atomic E-state index is 0.627. The van der Waals surface area contributed by atoms with Gasteiger partial charge in [0.25, 0.3) is 0 Å². The number of hydrogen-bond acceptors (Lipinski definition) is 4. The quantitative estimate of drug-likeness (QED) is 0.873. The van der Waals surface area contributed by atoms with Gasteiger partial charge in [0.05, 0.1) is 16.9 Å². The van der Waals surface area contributed by atoms with Crippen molar-refractivity contribution in [1.29, 1.82) is 0 Å². The molecule has 0 bridgehead atoms. The second kappa shape index (κ2) is 4.51. The van der Waals surface area contributed by atoms with E-state index in [4.69, 9.17) is 17.3 Å². The molecule has 0 spiro atoms. The summed E-state index contributed by atoms with van der Waals surface area (Å²) in [6.45, 7) is 0. The molecule has 0 radical (unpaired) electrons. The maximum atomic E-state index is 5.76. The van der Waals surface area contributed by atoms with Crippen LogP contribution in [0.1, 0.15) is 0 Å². The maximum Gasteiger partial charge on any atom is 0.101 e. The van der Waals surface area contributed by atoms with Gasteiger partial charge in [0.1, 0.15) is 5.03 Å². The minimum absolute atomic E-state index is 0.627. The average Bonchev–Trinajstić information content (AvgIpc) is 2.25. The van der Waals surface area contributed by atoms with Gasteiger partial charge in [-0.15, -0.1) is 0 Å². The third kappa shape index (κ3) is 2.61. The summed E-state index contributed by atoms with van der Waals surface area (Å²) in [6, 6.07) is 5.51. The van der Waals surface area contributed by atoms with Crippen molar-refractivity contribution >= 4 is 29.1 Å². The second-order valence-corrected chi connectivity index (χ2v) is 4.33. The molecule has 0 aliphatic carbocycles. The van der Waals surface area contributed by atoms with Gasteiger partial charge < -0.3 is 5.73 Å². The molecular weight excluding hydrogens is 230 g/mol. The van der Waals surface area contributed by atoms with Gasteiger partial charge in [-0.25, -0.2) is 4.98 Å². The molecule has 0 amide bonds. The first-order chi connectivity index (χ1) is 7.25. The first-order valence-electron chi connectivity index (χ1n) is 4.24. The molecule has 0 aliphatic heterocycles. The summed E-state index contributed by atoms with van der Waals surface area (Å²) >= 11 is 7.23. The molecule has 0 aliphatic rings. The Balaban J connectivity index is 2.22. The number of anilines is 1. The fourth-order valence-electron chi connectivity index (χ4n) is 1.02. The number of nitrogens with two attached hydrogens (primary N) is 1. The smallest absolute Gasteiger partial charge is 0.101 e. The van der Waals surface area contributed by atoms with E-state index in [1.807, 2.05) is 12.1 Å². The zero-order valence-corrected chi connectivity index (χ0v) is 9.29. The fourth-order valence-corrected chi connectivity index (χ4v) is 1.90. The van der Waals surface area contributed by atoms with Crippen molar-refractivity contribution in [1.82, 2.24) is 9.97 Å². The molecule has 0 fully saturated rings. The van der Waals surface area contributed by atoms with Crippen molar-refractivity contribution in [3.05, 3.63) is 41.8 Å². The lowest BCUT2D eigenvalue weighted by Crippen LogP contribution is -1.89. The molecule has 0 saturated carbocycles. The van der Waals surface area contributed by atoms with Crippen LogP contribution in [-0.4, -0.2) is 9.97 Å². The van der Waals surface area contributed by atoms with Gasteiger partial charge in [-0.05, 0) is 18.2 Å². The van der Waals surface area contributed by atoms with Gasteiger partial charge in [-0.2, -0.15) is 0 Å². The zero-order valence-electron chi connectivity index (χ0n) is 7.72. The van der Waals surface area contributed by atoms with E-state index in [0.29, 0.717) is 10.7 Å². The van der Waals surface area contributed by atoms with Crippen LogP contribution in [0.5, 0.6) is 0 Å². The average molecular weight is 238 g/mol. The summed E-state index contributed by atoms with van der Waals surface area (Å²) in [5.74, 6) is 0. The molecule has 2 aromatic rings. The summed E-state index contributed by atoms with van der Waals surface area (Å²) in [7, 11) is 0. The van der Waals surface area contributed by atoms with Gasteiger partial charge in [-0.3, -0.25) is 4.98 Å². The largest absolute Gasteiger partial charge is 0.397 e. The van der Waals surface area contributed by atoms with E-state index in [0.717, 1.165) is 9.92 Å². The third-order valence-corrected chi connectivity index (χ3v) is 2.99. The first-order valence-corrected chi connectivity index (χ1v) is 5.44. The van der Waals surface area contributed by atoms with E-state index in [2.05, 4.69) is 9.97 Å². The van der Waals surface area contributed by atoms with Gasteiger partial charge in [-0.1, -0.05) is 23.4 Å². The van der Waals surface area contributed by atoms with Crippen molar-refractivity contribution in [2.75, 3.05) is 5.73 Å². The molecule has 0 unspecified atom stereocenters. The highest BCUT2D eigenvalue weighted by Crippen LogP contribution is 2.29. The molecule has 0 aromatic carbocycles. The van der Waals surface area contributed by atoms with Gasteiger partial charge >= 0.3 is 0 Å². The molecule has 5 heteroatoms. The monoisotopic (exact) mass is 237 g/mol. The van der Waals surface area contributed by atoms with Crippen LogP contribution in [0.25, 0.3) is 0 Å². The van der Waals surface area contributed by atoms with Crippen molar-refractivity contribution in [2.45, 2.75) is 9.92 Å². The van der Waals surface area contributed by atoms with E-state index in [1.54, 1.807) is 24.7 Å². The Morgan fingerprint density at radius 1 is 1.20 bits per heavy atom. The van der Waals surface area contributed by atoms with E-state index in [-0.39, 0.29) is 0 Å². The van der Waals surface area contributed by atoms with E-state index >= 15 is 0 Å². The molecule has 3 nitrogen and oxygen atoms in total. The molecule has 76 valence electrons. The van der Waals surface area contributed by atoms with Crippen LogP contribution >= 0.6 is 23.4 Å². The Kier molecular flexibility index (Phi) is 3.08. The lowest BCUT2D eigenvalue weighted by molar-refractivity contribution is 1.13. The van der Waals surface area contributed by atoms with Gasteiger partial charge in [0.2, 0.25) is 0 Å². The molecule has 0 saturated heterocycles. The van der Waals surface area contributed by atoms with Crippen molar-refractivity contribution in [3.8, 4) is 0 Å². The summed E-state index contributed by atoms with van der Waals surface area (Å²) in [6.07, 6.45) is 4.94. The molecular formula is C10H8ClN3S. The maximum absolute atomic E-state index is 5.76. The predicted octanol–water partition coefficient (Wildman–Crippen LogP) is 2.86. The van der Waals surface area contributed by atoms with Crippen LogP contribution in [0.3, 0.4) is 0 Å². The fraction of sp³-hybridized carbons (Fsp3) is 0. The Bertz CT molecular complexity index is 458. The minimum Gasteiger partial charge on any atom is -0.397 e. The number of nitrogens with zero attached hydrogens (tertiary/aromatic N) is 2. The van der Waals surface area contributed by atoms with Crippen molar-refractivity contribution in [3.63, 3.8) is 0 Å². The van der Waals surface area contributed by atoms with E-state index < -0.39 is 0 Å². The topological polar surface area (TPSA) is 51.8 Å². The van der Waals surface area contributed by atoms with Crippen molar-refractivity contribution in [2.24, 2.45) is 0 Å². The number of halogens is 1. The standard InChI is InChI=1S/C10H8ClN3S/c11-7-1-2-10(14-5-7)15-9-3-4-13-6-8(9)12/h1-6H,12H2. The lowest BCUT2D eigenvalue weighted by Gasteiger charge is -2.03. The van der Waals surface area contributed by atoms with Crippen molar-refractivity contribution < 1.29 is 0 Å². The Hall–Kier alpha value is -1.26. The second-order valence-electron chi connectivity index (χ2n) is 2.83. The van der Waals surface area contributed by atoms with Crippen LogP contribution in [0.15, 0.2) is 46.7 Å². The summed E-state index contributed by atoms with van der Waals surface area (Å²) in [4.78, 5) is 9.03. The highest BCUT2D eigenvalue weighted by Gasteiger charge is 2.02. The number of nitrogen functional groups attached to an aromatic ring is 1. The third-order valence-electron chi connectivity index (χ3n) is 1.72. The normalized spacial score (nSPS) is 10.2. The first kappa shape index (κ1) is 10.3. The summed E-state index contributed by atoms with van der Waals surface area (Å²) in [5, 5.41) is 1.49. The SMILES string of the molecule is Nc1cnccc1Sc1ccc(Cl)cn1. The van der Waals surface area contributed by atoms with Crippen LogP contribution < -0.4 is 5.73 Å². The Labute approximate surface area is 96.7 Å². The highest BCUT2D eigenvalue weighted by atomic mass is 35.5. The predicted molar refractivity (Wildman–Crippen MR) is 62.0 cm³/mol. The number of aromatic nitrogens is 2. The lowest BCUT2D eigenvalue weighted by atomic mass is 10.4. The molecule has 2 rings (SSSR count). The number of rotatable bonds is 2. The summed E-state index contributed by atoms with van der Waals surface area (Å²) < 4.78 is 0. The summed E-state index contributed by atoms with van der Waals surface area (Å²) in [5.41, 5.74) is 6.41. The van der Waals surface area contributed by atoms with Crippen LogP contribution in [0, 0.1) is 0 Å². The van der Waals surface area contributed by atoms with Gasteiger partial charge in [0, 0.05) is 17.3 Å².